The van der Waals surface area contributed by atoms with Crippen LogP contribution >= 0.6 is 0 Å². The summed E-state index contributed by atoms with van der Waals surface area (Å²) in [5, 5.41) is 26.1. The number of pyridine rings is 1. The van der Waals surface area contributed by atoms with Crippen LogP contribution in [-0.4, -0.2) is 51.3 Å². The minimum atomic E-state index is -0.702. The van der Waals surface area contributed by atoms with Crippen LogP contribution in [0.3, 0.4) is 0 Å². The number of carbonyl (C=O) groups excluding carboxylic acids is 2. The number of nitrogens with zero attached hydrogens (tertiary/aromatic N) is 1. The third-order valence-electron chi connectivity index (χ3n) is 7.73. The second kappa shape index (κ2) is 10.8. The first-order valence-electron chi connectivity index (χ1n) is 12.1. The van der Waals surface area contributed by atoms with Gasteiger partial charge in [-0.2, -0.15) is 0 Å². The maximum atomic E-state index is 13.0. The van der Waals surface area contributed by atoms with Crippen LogP contribution in [0.1, 0.15) is 98.8 Å². The lowest BCUT2D eigenvalue weighted by Crippen LogP contribution is -2.55. The molecule has 7 heteroatoms. The van der Waals surface area contributed by atoms with Gasteiger partial charge in [0.25, 0.3) is 11.8 Å². The number of rotatable bonds is 8. The van der Waals surface area contributed by atoms with E-state index in [4.69, 9.17) is 0 Å². The minimum Gasteiger partial charge on any atom is -0.394 e. The highest BCUT2D eigenvalue weighted by Gasteiger charge is 2.37. The molecule has 2 amide bonds. The van der Waals surface area contributed by atoms with Gasteiger partial charge in [0.15, 0.2) is 0 Å². The standard InChI is InChI=1S/C25H39N3O4/c1-24(16-29,20-9-5-3-6-10-20)27-22(31)18-13-19(15-26-14-18)23(32)28-25(2,17-30)21-11-7-4-8-12-21/h13-15,20-21,29-30H,3-12,16-17H2,1-2H3,(H,27,31)(H,28,32). The molecule has 2 saturated carbocycles. The third-order valence-corrected chi connectivity index (χ3v) is 7.73. The topological polar surface area (TPSA) is 112 Å². The Morgan fingerprint density at radius 3 is 1.53 bits per heavy atom. The molecule has 0 spiro atoms. The van der Waals surface area contributed by atoms with E-state index >= 15 is 0 Å². The molecule has 2 aliphatic carbocycles. The highest BCUT2D eigenvalue weighted by Crippen LogP contribution is 2.34. The fourth-order valence-corrected chi connectivity index (χ4v) is 5.37. The molecule has 0 aromatic carbocycles. The summed E-state index contributed by atoms with van der Waals surface area (Å²) in [7, 11) is 0. The average molecular weight is 446 g/mol. The zero-order valence-electron chi connectivity index (χ0n) is 19.5. The summed E-state index contributed by atoms with van der Waals surface area (Å²) in [5.41, 5.74) is -0.827. The first-order chi connectivity index (χ1) is 15.3. The Kier molecular flexibility index (Phi) is 8.28. The number of aliphatic hydroxyl groups is 2. The maximum Gasteiger partial charge on any atom is 0.253 e. The molecule has 0 radical (unpaired) electrons. The smallest absolute Gasteiger partial charge is 0.253 e. The van der Waals surface area contributed by atoms with Gasteiger partial charge in [-0.15, -0.1) is 0 Å². The lowest BCUT2D eigenvalue weighted by Gasteiger charge is -2.39. The Bertz CT molecular complexity index is 728. The monoisotopic (exact) mass is 445 g/mol. The summed E-state index contributed by atoms with van der Waals surface area (Å²) >= 11 is 0. The molecule has 0 aliphatic heterocycles. The fraction of sp³-hybridized carbons (Fsp3) is 0.720. The number of hydrogen-bond acceptors (Lipinski definition) is 5. The van der Waals surface area contributed by atoms with Crippen LogP contribution in [0.25, 0.3) is 0 Å². The molecule has 1 aromatic rings. The molecule has 178 valence electrons. The molecule has 2 atom stereocenters. The largest absolute Gasteiger partial charge is 0.394 e. The van der Waals surface area contributed by atoms with Crippen molar-refractivity contribution in [3.05, 3.63) is 29.6 Å². The molecular formula is C25H39N3O4. The SMILES string of the molecule is CC(CO)(NC(=O)c1cncc(C(=O)NC(C)(CO)C2CCCCC2)c1)C1CCCCC1. The van der Waals surface area contributed by atoms with Crippen LogP contribution in [0.15, 0.2) is 18.5 Å². The van der Waals surface area contributed by atoms with E-state index in [9.17, 15) is 19.8 Å². The number of hydrogen-bond donors (Lipinski definition) is 4. The predicted octanol–water partition coefficient (Wildman–Crippen LogP) is 3.20. The van der Waals surface area contributed by atoms with Crippen molar-refractivity contribution >= 4 is 11.8 Å². The van der Waals surface area contributed by atoms with Crippen LogP contribution < -0.4 is 10.6 Å². The van der Waals surface area contributed by atoms with Crippen molar-refractivity contribution in [2.45, 2.75) is 89.1 Å². The predicted molar refractivity (Wildman–Crippen MR) is 123 cm³/mol. The van der Waals surface area contributed by atoms with E-state index in [1.807, 2.05) is 13.8 Å². The van der Waals surface area contributed by atoms with Gasteiger partial charge in [-0.1, -0.05) is 38.5 Å². The van der Waals surface area contributed by atoms with Gasteiger partial charge >= 0.3 is 0 Å². The normalized spacial score (nSPS) is 21.9. The lowest BCUT2D eigenvalue weighted by molar-refractivity contribution is 0.0677. The molecule has 32 heavy (non-hydrogen) atoms. The van der Waals surface area contributed by atoms with E-state index in [1.54, 1.807) is 0 Å². The Balaban J connectivity index is 1.70. The van der Waals surface area contributed by atoms with Crippen molar-refractivity contribution in [2.24, 2.45) is 11.8 Å². The summed E-state index contributed by atoms with van der Waals surface area (Å²) in [6.45, 7) is 3.52. The van der Waals surface area contributed by atoms with E-state index in [-0.39, 0.29) is 48.0 Å². The van der Waals surface area contributed by atoms with Crippen molar-refractivity contribution in [1.82, 2.24) is 15.6 Å². The molecule has 1 aromatic heterocycles. The van der Waals surface area contributed by atoms with Crippen LogP contribution in [-0.2, 0) is 0 Å². The van der Waals surface area contributed by atoms with Crippen LogP contribution in [0.2, 0.25) is 0 Å². The van der Waals surface area contributed by atoms with Gasteiger partial charge in [0.2, 0.25) is 0 Å². The summed E-state index contributed by atoms with van der Waals surface area (Å²) in [5.74, 6) is -0.228. The highest BCUT2D eigenvalue weighted by molar-refractivity contribution is 5.99. The van der Waals surface area contributed by atoms with E-state index in [2.05, 4.69) is 15.6 Å². The van der Waals surface area contributed by atoms with Crippen molar-refractivity contribution < 1.29 is 19.8 Å². The highest BCUT2D eigenvalue weighted by atomic mass is 16.3. The Labute approximate surface area is 191 Å². The fourth-order valence-electron chi connectivity index (χ4n) is 5.37. The van der Waals surface area contributed by atoms with Crippen molar-refractivity contribution in [3.8, 4) is 0 Å². The van der Waals surface area contributed by atoms with E-state index in [0.717, 1.165) is 51.4 Å². The summed E-state index contributed by atoms with van der Waals surface area (Å²) in [4.78, 5) is 30.1. The number of amides is 2. The number of carbonyl (C=O) groups is 2. The van der Waals surface area contributed by atoms with Crippen LogP contribution in [0.4, 0.5) is 0 Å². The van der Waals surface area contributed by atoms with Crippen LogP contribution in [0, 0.1) is 11.8 Å². The summed E-state index contributed by atoms with van der Waals surface area (Å²) in [6.07, 6.45) is 13.7. The van der Waals surface area contributed by atoms with Crippen LogP contribution in [0.5, 0.6) is 0 Å². The Morgan fingerprint density at radius 1 is 0.812 bits per heavy atom. The maximum absolute atomic E-state index is 13.0. The molecule has 2 unspecified atom stereocenters. The van der Waals surface area contributed by atoms with E-state index in [0.29, 0.717) is 0 Å². The molecule has 3 rings (SSSR count). The van der Waals surface area contributed by atoms with Gasteiger partial charge in [0.1, 0.15) is 0 Å². The summed E-state index contributed by atoms with van der Waals surface area (Å²) in [6, 6.07) is 1.54. The summed E-state index contributed by atoms with van der Waals surface area (Å²) < 4.78 is 0. The first kappa shape index (κ1) is 24.6. The molecule has 0 bridgehead atoms. The Hall–Kier alpha value is -1.99. The lowest BCUT2D eigenvalue weighted by atomic mass is 9.76. The van der Waals surface area contributed by atoms with Gasteiger partial charge in [-0.05, 0) is 57.4 Å². The Morgan fingerprint density at radius 2 is 1.19 bits per heavy atom. The number of nitrogens with one attached hydrogen (secondary N) is 2. The zero-order valence-corrected chi connectivity index (χ0v) is 19.5. The van der Waals surface area contributed by atoms with E-state index < -0.39 is 11.1 Å². The van der Waals surface area contributed by atoms with Crippen molar-refractivity contribution in [2.75, 3.05) is 13.2 Å². The molecule has 7 nitrogen and oxygen atoms in total. The van der Waals surface area contributed by atoms with Gasteiger partial charge in [-0.25, -0.2) is 0 Å². The third kappa shape index (κ3) is 5.67. The molecule has 4 N–H and O–H groups in total. The molecule has 0 saturated heterocycles. The molecule has 2 aliphatic rings. The van der Waals surface area contributed by atoms with Gasteiger partial charge < -0.3 is 20.8 Å². The second-order valence-electron chi connectivity index (χ2n) is 10.2. The van der Waals surface area contributed by atoms with Crippen molar-refractivity contribution in [1.29, 1.82) is 0 Å². The second-order valence-corrected chi connectivity index (χ2v) is 10.2. The van der Waals surface area contributed by atoms with Gasteiger partial charge in [0.05, 0.1) is 35.4 Å². The minimum absolute atomic E-state index is 0.132. The quantitative estimate of drug-likeness (QED) is 0.491. The molecule has 1 heterocycles. The number of aliphatic hydroxyl groups excluding tert-OH is 2. The average Bonchev–Trinajstić information content (AvgIpc) is 2.85. The van der Waals surface area contributed by atoms with Gasteiger partial charge in [0, 0.05) is 12.4 Å². The number of aromatic nitrogens is 1. The first-order valence-corrected chi connectivity index (χ1v) is 12.1. The van der Waals surface area contributed by atoms with Crippen molar-refractivity contribution in [3.63, 3.8) is 0 Å². The zero-order chi connectivity index (χ0) is 23.2. The molecular weight excluding hydrogens is 406 g/mol. The van der Waals surface area contributed by atoms with E-state index in [1.165, 1.54) is 31.3 Å². The molecule has 2 fully saturated rings. The van der Waals surface area contributed by atoms with Gasteiger partial charge in [-0.3, -0.25) is 14.6 Å².